The summed E-state index contributed by atoms with van der Waals surface area (Å²) < 4.78 is 60.7. The predicted molar refractivity (Wildman–Crippen MR) is 135 cm³/mol. The van der Waals surface area contributed by atoms with Crippen LogP contribution in [-0.4, -0.2) is 39.1 Å². The number of aromatic nitrogens is 3. The number of nitrogens with one attached hydrogen (secondary N) is 1. The van der Waals surface area contributed by atoms with Crippen LogP contribution in [0, 0.1) is 5.95 Å². The maximum atomic E-state index is 14.3. The Labute approximate surface area is 222 Å². The summed E-state index contributed by atoms with van der Waals surface area (Å²) in [5.41, 5.74) is 1.05. The predicted octanol–water partition coefficient (Wildman–Crippen LogP) is 6.76. The standard InChI is InChI=1S/C29H27F4N4O2/c1-37(28(38)39-18-19-6-3-2-4-7-19)17-24(21-10-11-34-26(30)15-21)23(16-25(37)27-35-12-13-36-27)20-8-5-9-22(14-20)29(31,32)33/h2-15,23-25H,16-18H2,1H3,(H,35,36)/q+1. The van der Waals surface area contributed by atoms with Gasteiger partial charge in [-0.15, -0.1) is 0 Å². The normalized spacial score (nSPS) is 23.4. The first kappa shape index (κ1) is 26.6. The molecule has 4 unspecified atom stereocenters. The van der Waals surface area contributed by atoms with Crippen LogP contribution in [0.2, 0.25) is 0 Å². The molecule has 0 spiro atoms. The van der Waals surface area contributed by atoms with Gasteiger partial charge in [0.15, 0.2) is 11.9 Å². The van der Waals surface area contributed by atoms with E-state index in [9.17, 15) is 22.4 Å². The molecule has 0 radical (unpaired) electrons. The van der Waals surface area contributed by atoms with Gasteiger partial charge in [0.25, 0.3) is 0 Å². The lowest BCUT2D eigenvalue weighted by Gasteiger charge is -2.46. The molecular formula is C29H27F4N4O2+. The number of aromatic amines is 1. The molecule has 1 aliphatic rings. The average molecular weight is 540 g/mol. The Kier molecular flexibility index (Phi) is 7.22. The molecule has 1 saturated heterocycles. The highest BCUT2D eigenvalue weighted by molar-refractivity contribution is 5.60. The van der Waals surface area contributed by atoms with Gasteiger partial charge in [0.1, 0.15) is 6.61 Å². The van der Waals surface area contributed by atoms with Gasteiger partial charge in [-0.1, -0.05) is 48.5 Å². The summed E-state index contributed by atoms with van der Waals surface area (Å²) in [6.45, 7) is 0.202. The van der Waals surface area contributed by atoms with Crippen molar-refractivity contribution in [2.75, 3.05) is 13.6 Å². The molecule has 4 atom stereocenters. The maximum absolute atomic E-state index is 14.3. The lowest BCUT2D eigenvalue weighted by molar-refractivity contribution is -0.878. The Morgan fingerprint density at radius 2 is 1.77 bits per heavy atom. The van der Waals surface area contributed by atoms with Gasteiger partial charge in [-0.05, 0) is 34.9 Å². The van der Waals surface area contributed by atoms with Crippen LogP contribution in [0.1, 0.15) is 52.4 Å². The lowest BCUT2D eigenvalue weighted by Crippen LogP contribution is -2.58. The van der Waals surface area contributed by atoms with Crippen molar-refractivity contribution in [1.29, 1.82) is 0 Å². The van der Waals surface area contributed by atoms with E-state index in [1.54, 1.807) is 31.6 Å². The number of hydrogen-bond acceptors (Lipinski definition) is 4. The number of nitrogens with zero attached hydrogens (tertiary/aromatic N) is 3. The van der Waals surface area contributed by atoms with E-state index in [1.807, 2.05) is 30.3 Å². The first-order chi connectivity index (χ1) is 18.6. The van der Waals surface area contributed by atoms with E-state index >= 15 is 0 Å². The number of rotatable bonds is 5. The molecule has 4 aromatic rings. The fourth-order valence-electron chi connectivity index (χ4n) is 5.51. The maximum Gasteiger partial charge on any atom is 0.516 e. The quantitative estimate of drug-likeness (QED) is 0.173. The molecule has 3 heterocycles. The number of carbonyl (C=O) groups excluding carboxylic acids is 1. The minimum Gasteiger partial charge on any atom is -0.415 e. The molecule has 1 aliphatic heterocycles. The van der Waals surface area contributed by atoms with Crippen molar-refractivity contribution < 1.29 is 31.6 Å². The Hall–Kier alpha value is -4.05. The number of alkyl halides is 3. The van der Waals surface area contributed by atoms with Crippen LogP contribution in [-0.2, 0) is 17.5 Å². The number of quaternary nitrogens is 1. The van der Waals surface area contributed by atoms with Crippen molar-refractivity contribution in [3.63, 3.8) is 0 Å². The molecule has 1 amide bonds. The number of ether oxygens (including phenoxy) is 1. The van der Waals surface area contributed by atoms with E-state index in [4.69, 9.17) is 4.74 Å². The van der Waals surface area contributed by atoms with Crippen LogP contribution in [0.4, 0.5) is 22.4 Å². The van der Waals surface area contributed by atoms with Gasteiger partial charge < -0.3 is 9.72 Å². The second-order valence-corrected chi connectivity index (χ2v) is 9.96. The first-order valence-corrected chi connectivity index (χ1v) is 12.5. The molecule has 1 fully saturated rings. The van der Waals surface area contributed by atoms with Crippen LogP contribution in [0.15, 0.2) is 85.3 Å². The van der Waals surface area contributed by atoms with E-state index in [0.717, 1.165) is 17.7 Å². The number of piperidine rings is 1. The molecule has 0 saturated carbocycles. The van der Waals surface area contributed by atoms with Gasteiger partial charge in [-0.25, -0.2) is 14.5 Å². The summed E-state index contributed by atoms with van der Waals surface area (Å²) in [4.78, 5) is 24.9. The summed E-state index contributed by atoms with van der Waals surface area (Å²) in [6, 6.07) is 16.8. The Morgan fingerprint density at radius 1 is 1.00 bits per heavy atom. The second kappa shape index (κ2) is 10.6. The minimum atomic E-state index is -4.52. The van der Waals surface area contributed by atoms with E-state index < -0.39 is 41.7 Å². The zero-order chi connectivity index (χ0) is 27.6. The SMILES string of the molecule is C[N+]1(C(=O)OCc2ccccc2)CC(c2ccnc(F)c2)C(c2cccc(C(F)(F)F)c2)CC1c1ncc[nH]1. The van der Waals surface area contributed by atoms with Crippen LogP contribution < -0.4 is 0 Å². The Balaban J connectivity index is 1.57. The third-order valence-corrected chi connectivity index (χ3v) is 7.50. The van der Waals surface area contributed by atoms with Gasteiger partial charge in [0, 0.05) is 36.8 Å². The number of likely N-dealkylation sites (tertiary alicyclic amines) is 1. The molecule has 10 heteroatoms. The zero-order valence-corrected chi connectivity index (χ0v) is 21.1. The van der Waals surface area contributed by atoms with Gasteiger partial charge in [-0.3, -0.25) is 0 Å². The van der Waals surface area contributed by atoms with Crippen molar-refractivity contribution >= 4 is 6.09 Å². The number of imidazole rings is 1. The number of carbonyl (C=O) groups is 1. The highest BCUT2D eigenvalue weighted by Crippen LogP contribution is 2.50. The van der Waals surface area contributed by atoms with E-state index in [2.05, 4.69) is 15.0 Å². The summed E-state index contributed by atoms with van der Waals surface area (Å²) in [5.74, 6) is -1.17. The first-order valence-electron chi connectivity index (χ1n) is 12.5. The van der Waals surface area contributed by atoms with Crippen molar-refractivity contribution in [3.05, 3.63) is 119 Å². The van der Waals surface area contributed by atoms with Crippen LogP contribution >= 0.6 is 0 Å². The fourth-order valence-corrected chi connectivity index (χ4v) is 5.51. The minimum absolute atomic E-state index is 0.0595. The second-order valence-electron chi connectivity index (χ2n) is 9.96. The van der Waals surface area contributed by atoms with Gasteiger partial charge in [0.05, 0.1) is 19.2 Å². The molecular weight excluding hydrogens is 512 g/mol. The third-order valence-electron chi connectivity index (χ3n) is 7.50. The molecule has 5 rings (SSSR count). The van der Waals surface area contributed by atoms with E-state index in [0.29, 0.717) is 17.0 Å². The molecule has 6 nitrogen and oxygen atoms in total. The number of benzene rings is 2. The molecule has 0 aliphatic carbocycles. The Morgan fingerprint density at radius 3 is 2.46 bits per heavy atom. The highest BCUT2D eigenvalue weighted by atomic mass is 19.4. The van der Waals surface area contributed by atoms with Crippen molar-refractivity contribution in [1.82, 2.24) is 15.0 Å². The summed E-state index contributed by atoms with van der Waals surface area (Å²) in [7, 11) is 1.73. The molecule has 202 valence electrons. The topological polar surface area (TPSA) is 67.9 Å². The monoisotopic (exact) mass is 539 g/mol. The van der Waals surface area contributed by atoms with Crippen LogP contribution in [0.25, 0.3) is 0 Å². The molecule has 0 bridgehead atoms. The van der Waals surface area contributed by atoms with Crippen LogP contribution in [0.3, 0.4) is 0 Å². The van der Waals surface area contributed by atoms with Gasteiger partial charge in [0.2, 0.25) is 5.95 Å². The molecule has 2 aromatic heterocycles. The van der Waals surface area contributed by atoms with Crippen LogP contribution in [0.5, 0.6) is 0 Å². The lowest BCUT2D eigenvalue weighted by atomic mass is 9.73. The molecule has 1 N–H and O–H groups in total. The number of H-pyrrole nitrogens is 1. The highest BCUT2D eigenvalue weighted by Gasteiger charge is 2.53. The summed E-state index contributed by atoms with van der Waals surface area (Å²) in [5, 5.41) is 0. The average Bonchev–Trinajstić information content (AvgIpc) is 3.46. The number of halogens is 4. The number of hydrogen-bond donors (Lipinski definition) is 1. The van der Waals surface area contributed by atoms with E-state index in [1.165, 1.54) is 18.3 Å². The molecule has 2 aromatic carbocycles. The van der Waals surface area contributed by atoms with E-state index in [-0.39, 0.29) is 24.1 Å². The van der Waals surface area contributed by atoms with Crippen molar-refractivity contribution in [2.24, 2.45) is 0 Å². The Bertz CT molecular complexity index is 1430. The van der Waals surface area contributed by atoms with Crippen molar-refractivity contribution in [2.45, 2.75) is 37.1 Å². The largest absolute Gasteiger partial charge is 0.516 e. The van der Waals surface area contributed by atoms with Gasteiger partial charge in [-0.2, -0.15) is 22.4 Å². The number of amides is 1. The van der Waals surface area contributed by atoms with Gasteiger partial charge >= 0.3 is 12.3 Å². The smallest absolute Gasteiger partial charge is 0.415 e. The summed E-state index contributed by atoms with van der Waals surface area (Å²) in [6.07, 6.45) is -0.237. The zero-order valence-electron chi connectivity index (χ0n) is 21.1. The number of pyridine rings is 1. The summed E-state index contributed by atoms with van der Waals surface area (Å²) >= 11 is 0. The number of likely N-dealkylation sites (N-methyl/N-ethyl adjacent to an activating group) is 1. The third kappa shape index (κ3) is 5.56. The molecule has 39 heavy (non-hydrogen) atoms. The fraction of sp³-hybridized carbons (Fsp3) is 0.276. The van der Waals surface area contributed by atoms with Crippen molar-refractivity contribution in [3.8, 4) is 0 Å².